The van der Waals surface area contributed by atoms with Crippen molar-refractivity contribution in [1.29, 1.82) is 0 Å². The third-order valence-corrected chi connectivity index (χ3v) is 6.31. The fourth-order valence-electron chi connectivity index (χ4n) is 2.46. The average Bonchev–Trinajstić information content (AvgIpc) is 2.52. The Morgan fingerprint density at radius 3 is 1.77 bits per heavy atom. The van der Waals surface area contributed by atoms with Gasteiger partial charge in [-0.1, -0.05) is 74.5 Å². The summed E-state index contributed by atoms with van der Waals surface area (Å²) >= 11 is 0. The van der Waals surface area contributed by atoms with Crippen molar-refractivity contribution in [3.8, 4) is 0 Å². The number of rotatable bonds is 6. The molecule has 22 heavy (non-hydrogen) atoms. The second kappa shape index (κ2) is 8.10. The van der Waals surface area contributed by atoms with E-state index < -0.39 is 7.92 Å². The Balaban J connectivity index is 2.30. The van der Waals surface area contributed by atoms with Gasteiger partial charge in [0.05, 0.1) is 0 Å². The van der Waals surface area contributed by atoms with Crippen molar-refractivity contribution in [3.05, 3.63) is 60.7 Å². The summed E-state index contributed by atoms with van der Waals surface area (Å²) in [6, 6.07) is 21.5. The lowest BCUT2D eigenvalue weighted by atomic mass is 10.1. The molecular weight excluding hydrogens is 289 g/mol. The van der Waals surface area contributed by atoms with Crippen LogP contribution in [-0.4, -0.2) is 18.1 Å². The van der Waals surface area contributed by atoms with E-state index in [1.54, 1.807) is 6.92 Å². The van der Waals surface area contributed by atoms with Crippen LogP contribution < -0.4 is 15.9 Å². The molecule has 0 unspecified atom stereocenters. The fourth-order valence-corrected chi connectivity index (χ4v) is 5.15. The third kappa shape index (κ3) is 4.68. The van der Waals surface area contributed by atoms with Gasteiger partial charge in [0.2, 0.25) is 5.91 Å². The van der Waals surface area contributed by atoms with E-state index in [0.29, 0.717) is 5.92 Å². The first-order valence-corrected chi connectivity index (χ1v) is 9.25. The summed E-state index contributed by atoms with van der Waals surface area (Å²) in [7, 11) is -0.468. The highest BCUT2D eigenvalue weighted by Crippen LogP contribution is 2.35. The topological polar surface area (TPSA) is 29.1 Å². The number of amides is 1. The van der Waals surface area contributed by atoms with Gasteiger partial charge in [-0.05, 0) is 30.6 Å². The molecule has 3 heteroatoms. The molecule has 1 amide bonds. The van der Waals surface area contributed by atoms with Crippen LogP contribution in [-0.2, 0) is 4.79 Å². The number of benzene rings is 2. The normalized spacial score (nSPS) is 12.4. The first-order chi connectivity index (χ1) is 10.6. The fraction of sp³-hybridized carbons (Fsp3) is 0.316. The van der Waals surface area contributed by atoms with Crippen LogP contribution in [0.1, 0.15) is 20.8 Å². The van der Waals surface area contributed by atoms with Crippen molar-refractivity contribution in [1.82, 2.24) is 5.32 Å². The zero-order chi connectivity index (χ0) is 15.9. The van der Waals surface area contributed by atoms with Crippen molar-refractivity contribution in [2.45, 2.75) is 26.8 Å². The lowest BCUT2D eigenvalue weighted by Gasteiger charge is -2.28. The summed E-state index contributed by atoms with van der Waals surface area (Å²) in [4.78, 5) is 11.5. The second-order valence-corrected chi connectivity index (χ2v) is 8.09. The van der Waals surface area contributed by atoms with Gasteiger partial charge in [0.1, 0.15) is 0 Å². The van der Waals surface area contributed by atoms with Gasteiger partial charge in [-0.2, -0.15) is 0 Å². The van der Waals surface area contributed by atoms with E-state index in [0.717, 1.165) is 6.16 Å². The van der Waals surface area contributed by atoms with Crippen LogP contribution in [0.5, 0.6) is 0 Å². The van der Waals surface area contributed by atoms with Crippen molar-refractivity contribution in [2.75, 3.05) is 6.16 Å². The zero-order valence-corrected chi connectivity index (χ0v) is 14.4. The highest BCUT2D eigenvalue weighted by molar-refractivity contribution is 7.73. The zero-order valence-electron chi connectivity index (χ0n) is 13.5. The van der Waals surface area contributed by atoms with Crippen molar-refractivity contribution >= 4 is 24.4 Å². The molecule has 0 saturated heterocycles. The first-order valence-electron chi connectivity index (χ1n) is 7.72. The van der Waals surface area contributed by atoms with Crippen LogP contribution in [0.4, 0.5) is 0 Å². The Hall–Kier alpha value is -1.66. The van der Waals surface area contributed by atoms with Crippen LogP contribution in [0.3, 0.4) is 0 Å². The highest BCUT2D eigenvalue weighted by atomic mass is 31.1. The van der Waals surface area contributed by atoms with Crippen LogP contribution in [0.25, 0.3) is 0 Å². The molecule has 0 aliphatic rings. The molecule has 2 aromatic carbocycles. The lowest BCUT2D eigenvalue weighted by Crippen LogP contribution is -2.41. The van der Waals surface area contributed by atoms with Gasteiger partial charge >= 0.3 is 0 Å². The summed E-state index contributed by atoms with van der Waals surface area (Å²) in [5.41, 5.74) is 0. The van der Waals surface area contributed by atoms with Crippen molar-refractivity contribution in [2.24, 2.45) is 5.92 Å². The molecule has 0 aromatic heterocycles. The van der Waals surface area contributed by atoms with E-state index in [1.807, 2.05) is 0 Å². The average molecular weight is 313 g/mol. The summed E-state index contributed by atoms with van der Waals surface area (Å²) in [5, 5.41) is 5.85. The molecule has 0 aliphatic heterocycles. The highest BCUT2D eigenvalue weighted by Gasteiger charge is 2.22. The van der Waals surface area contributed by atoms with Crippen LogP contribution in [0.2, 0.25) is 0 Å². The summed E-state index contributed by atoms with van der Waals surface area (Å²) in [6.07, 6.45) is 0.973. The molecule has 0 saturated carbocycles. The van der Waals surface area contributed by atoms with Crippen LogP contribution in [0, 0.1) is 5.92 Å². The van der Waals surface area contributed by atoms with Crippen molar-refractivity contribution in [3.63, 3.8) is 0 Å². The number of hydrogen-bond acceptors (Lipinski definition) is 1. The predicted octanol–water partition coefficient (Wildman–Crippen LogP) is 3.28. The number of carbonyl (C=O) groups is 1. The number of nitrogens with one attached hydrogen (secondary N) is 1. The smallest absolute Gasteiger partial charge is 0.217 e. The maximum Gasteiger partial charge on any atom is 0.217 e. The minimum atomic E-state index is -0.468. The molecule has 2 rings (SSSR count). The molecule has 2 nitrogen and oxygen atoms in total. The summed E-state index contributed by atoms with van der Waals surface area (Å²) in [5.74, 6) is 0.469. The molecule has 1 N–H and O–H groups in total. The maximum atomic E-state index is 11.5. The van der Waals surface area contributed by atoms with E-state index in [4.69, 9.17) is 0 Å². The predicted molar refractivity (Wildman–Crippen MR) is 96.4 cm³/mol. The van der Waals surface area contributed by atoms with Crippen molar-refractivity contribution < 1.29 is 4.79 Å². The Bertz CT molecular complexity index is 543. The summed E-state index contributed by atoms with van der Waals surface area (Å²) < 4.78 is 0. The Morgan fingerprint density at radius 1 is 0.955 bits per heavy atom. The first kappa shape index (κ1) is 16.7. The van der Waals surface area contributed by atoms with Crippen LogP contribution in [0.15, 0.2) is 60.7 Å². The maximum absolute atomic E-state index is 11.5. The SMILES string of the molecule is CC(=O)N[C@H](CP(c1ccccc1)c1ccccc1)C(C)C. The summed E-state index contributed by atoms with van der Waals surface area (Å²) in [6.45, 7) is 5.94. The van der Waals surface area contributed by atoms with Gasteiger partial charge in [-0.25, -0.2) is 0 Å². The molecule has 2 aromatic rings. The minimum Gasteiger partial charge on any atom is -0.353 e. The van der Waals surface area contributed by atoms with Gasteiger partial charge in [0.15, 0.2) is 0 Å². The molecule has 0 fully saturated rings. The molecule has 0 spiro atoms. The van der Waals surface area contributed by atoms with E-state index in [2.05, 4.69) is 79.8 Å². The molecule has 1 atom stereocenters. The monoisotopic (exact) mass is 313 g/mol. The largest absolute Gasteiger partial charge is 0.353 e. The van der Waals surface area contributed by atoms with E-state index in [-0.39, 0.29) is 11.9 Å². The molecule has 116 valence electrons. The van der Waals surface area contributed by atoms with Gasteiger partial charge in [-0.15, -0.1) is 0 Å². The lowest BCUT2D eigenvalue weighted by molar-refractivity contribution is -0.119. The molecule has 0 radical (unpaired) electrons. The molecule has 0 bridgehead atoms. The van der Waals surface area contributed by atoms with E-state index in [1.165, 1.54) is 10.6 Å². The second-order valence-electron chi connectivity index (χ2n) is 5.83. The minimum absolute atomic E-state index is 0.0507. The van der Waals surface area contributed by atoms with E-state index in [9.17, 15) is 4.79 Å². The van der Waals surface area contributed by atoms with Crippen LogP contribution >= 0.6 is 7.92 Å². The standard InChI is InChI=1S/C19H24NOP/c1-15(2)19(20-16(3)21)14-22(17-10-6-4-7-11-17)18-12-8-5-9-13-18/h4-13,15,19H,14H2,1-3H3,(H,20,21)/t19-/m1/s1. The van der Waals surface area contributed by atoms with Gasteiger partial charge < -0.3 is 5.32 Å². The van der Waals surface area contributed by atoms with Gasteiger partial charge in [-0.3, -0.25) is 4.79 Å². The quantitative estimate of drug-likeness (QED) is 0.815. The third-order valence-electron chi connectivity index (χ3n) is 3.71. The Kier molecular flexibility index (Phi) is 6.15. The Morgan fingerprint density at radius 2 is 1.41 bits per heavy atom. The van der Waals surface area contributed by atoms with Gasteiger partial charge in [0.25, 0.3) is 0 Å². The molecule has 0 aliphatic carbocycles. The number of hydrogen-bond donors (Lipinski definition) is 1. The molecular formula is C19H24NOP. The number of carbonyl (C=O) groups excluding carboxylic acids is 1. The van der Waals surface area contributed by atoms with E-state index >= 15 is 0 Å². The van der Waals surface area contributed by atoms with Gasteiger partial charge in [0, 0.05) is 13.0 Å². The Labute approximate surface area is 134 Å². The molecule has 0 heterocycles.